The van der Waals surface area contributed by atoms with E-state index < -0.39 is 5.54 Å². The molecular weight excluding hydrogens is 380 g/mol. The molecule has 3 aromatic rings. The number of hydrogen-bond donors (Lipinski definition) is 2. The molecule has 0 atom stereocenters. The first-order valence-electron chi connectivity index (χ1n) is 10.4. The summed E-state index contributed by atoms with van der Waals surface area (Å²) >= 11 is 0. The molecule has 1 aliphatic heterocycles. The first kappa shape index (κ1) is 18.8. The molecule has 3 heterocycles. The van der Waals surface area contributed by atoms with Gasteiger partial charge in [-0.25, -0.2) is 4.98 Å². The molecule has 7 heteroatoms. The van der Waals surface area contributed by atoms with Gasteiger partial charge >= 0.3 is 0 Å². The van der Waals surface area contributed by atoms with E-state index in [-0.39, 0.29) is 11.8 Å². The topological polar surface area (TPSA) is 87.5 Å². The first-order chi connectivity index (χ1) is 14.6. The Morgan fingerprint density at radius 3 is 2.60 bits per heavy atom. The van der Waals surface area contributed by atoms with E-state index in [0.29, 0.717) is 31.7 Å². The molecule has 1 saturated heterocycles. The molecule has 5 rings (SSSR count). The highest BCUT2D eigenvalue weighted by Gasteiger charge is 2.43. The zero-order chi connectivity index (χ0) is 20.6. The number of carbonyl (C=O) groups is 2. The molecule has 154 valence electrons. The van der Waals surface area contributed by atoms with E-state index in [1.807, 2.05) is 42.5 Å². The van der Waals surface area contributed by atoms with Gasteiger partial charge in [0.2, 0.25) is 5.91 Å². The van der Waals surface area contributed by atoms with Gasteiger partial charge in [0.15, 0.2) is 5.58 Å². The molecule has 1 spiro atoms. The maximum atomic E-state index is 13.0. The molecule has 30 heavy (non-hydrogen) atoms. The van der Waals surface area contributed by atoms with Gasteiger partial charge in [-0.3, -0.25) is 9.59 Å². The molecule has 1 saturated carbocycles. The number of furan rings is 1. The fraction of sp³-hybridized carbons (Fsp3) is 0.348. The Kier molecular flexibility index (Phi) is 4.75. The third-order valence-electron chi connectivity index (χ3n) is 6.18. The highest BCUT2D eigenvalue weighted by atomic mass is 16.3. The average Bonchev–Trinajstić information content (AvgIpc) is 3.23. The third kappa shape index (κ3) is 3.35. The predicted octanol–water partition coefficient (Wildman–Crippen LogP) is 2.58. The maximum Gasteiger partial charge on any atom is 0.253 e. The van der Waals surface area contributed by atoms with Crippen molar-refractivity contribution in [2.45, 2.75) is 24.8 Å². The summed E-state index contributed by atoms with van der Waals surface area (Å²) in [5.41, 5.74) is 3.55. The molecular formula is C23H24N4O3. The van der Waals surface area contributed by atoms with Crippen LogP contribution >= 0.6 is 0 Å². The largest absolute Gasteiger partial charge is 0.463 e. The van der Waals surface area contributed by atoms with Crippen molar-refractivity contribution in [2.24, 2.45) is 0 Å². The molecule has 2 aliphatic rings. The van der Waals surface area contributed by atoms with Crippen molar-refractivity contribution in [2.75, 3.05) is 26.2 Å². The van der Waals surface area contributed by atoms with E-state index in [1.165, 1.54) is 0 Å². The van der Waals surface area contributed by atoms with Crippen LogP contribution in [0.1, 0.15) is 29.6 Å². The Balaban J connectivity index is 1.30. The zero-order valence-corrected chi connectivity index (χ0v) is 16.7. The number of pyridine rings is 1. The van der Waals surface area contributed by atoms with Crippen LogP contribution in [0.5, 0.6) is 0 Å². The van der Waals surface area contributed by atoms with E-state index in [2.05, 4.69) is 15.6 Å². The zero-order valence-electron chi connectivity index (χ0n) is 16.7. The summed E-state index contributed by atoms with van der Waals surface area (Å²) < 4.78 is 5.34. The van der Waals surface area contributed by atoms with Gasteiger partial charge in [-0.15, -0.1) is 0 Å². The van der Waals surface area contributed by atoms with E-state index in [0.717, 1.165) is 41.6 Å². The summed E-state index contributed by atoms with van der Waals surface area (Å²) in [4.78, 5) is 31.9. The fourth-order valence-electron chi connectivity index (χ4n) is 4.21. The van der Waals surface area contributed by atoms with E-state index in [9.17, 15) is 9.59 Å². The van der Waals surface area contributed by atoms with Crippen LogP contribution in [-0.4, -0.2) is 53.4 Å². The summed E-state index contributed by atoms with van der Waals surface area (Å²) in [6, 6.07) is 13.2. The minimum Gasteiger partial charge on any atom is -0.463 e. The SMILES string of the molecule is O=C(c1ccc(-c2ccc3occc3n2)cc1)N1CCNC(=O)C2(CCC2)NCC1. The number of hydrogen-bond acceptors (Lipinski definition) is 5. The number of benzene rings is 1. The summed E-state index contributed by atoms with van der Waals surface area (Å²) in [6.45, 7) is 2.17. The summed E-state index contributed by atoms with van der Waals surface area (Å²) in [5, 5.41) is 6.37. The highest BCUT2D eigenvalue weighted by Crippen LogP contribution is 2.32. The number of carbonyl (C=O) groups excluding carboxylic acids is 2. The molecule has 1 aliphatic carbocycles. The number of fused-ring (bicyclic) bond motifs is 1. The van der Waals surface area contributed by atoms with Crippen molar-refractivity contribution in [3.63, 3.8) is 0 Å². The number of amides is 2. The molecule has 1 aromatic carbocycles. The van der Waals surface area contributed by atoms with Crippen LogP contribution in [0.4, 0.5) is 0 Å². The van der Waals surface area contributed by atoms with E-state index >= 15 is 0 Å². The van der Waals surface area contributed by atoms with Crippen molar-refractivity contribution < 1.29 is 14.0 Å². The molecule has 2 amide bonds. The highest BCUT2D eigenvalue weighted by molar-refractivity contribution is 5.95. The number of rotatable bonds is 2. The monoisotopic (exact) mass is 404 g/mol. The lowest BCUT2D eigenvalue weighted by molar-refractivity contribution is -0.130. The standard InChI is InChI=1S/C23H24N4O3/c28-21(27-13-11-24-22(29)23(9-1-10-23)25-12-14-27)17-4-2-16(3-5-17)18-6-7-20-19(26-18)8-15-30-20/h2-8,15,25H,1,9-14H2,(H,24,29). The fourth-order valence-corrected chi connectivity index (χ4v) is 4.21. The smallest absolute Gasteiger partial charge is 0.253 e. The minimum atomic E-state index is -0.427. The second kappa shape index (κ2) is 7.57. The van der Waals surface area contributed by atoms with Crippen molar-refractivity contribution in [3.8, 4) is 11.3 Å². The minimum absolute atomic E-state index is 0.0274. The van der Waals surface area contributed by atoms with Gasteiger partial charge < -0.3 is 20.0 Å². The Labute approximate surface area is 174 Å². The Bertz CT molecular complexity index is 1090. The molecule has 0 bridgehead atoms. The van der Waals surface area contributed by atoms with Gasteiger partial charge in [-0.05, 0) is 43.5 Å². The van der Waals surface area contributed by atoms with Crippen LogP contribution in [0.25, 0.3) is 22.4 Å². The van der Waals surface area contributed by atoms with Gasteiger partial charge in [0.1, 0.15) is 5.52 Å². The molecule has 0 unspecified atom stereocenters. The van der Waals surface area contributed by atoms with Gasteiger partial charge in [0, 0.05) is 43.4 Å². The quantitative estimate of drug-likeness (QED) is 0.686. The molecule has 2 N–H and O–H groups in total. The van der Waals surface area contributed by atoms with Crippen LogP contribution in [-0.2, 0) is 4.79 Å². The number of nitrogens with one attached hydrogen (secondary N) is 2. The second-order valence-electron chi connectivity index (χ2n) is 7.99. The molecule has 2 fully saturated rings. The normalized spacial score (nSPS) is 18.9. The van der Waals surface area contributed by atoms with Crippen LogP contribution in [0.3, 0.4) is 0 Å². The van der Waals surface area contributed by atoms with Crippen LogP contribution < -0.4 is 10.6 Å². The molecule has 7 nitrogen and oxygen atoms in total. The van der Waals surface area contributed by atoms with Crippen molar-refractivity contribution in [1.82, 2.24) is 20.5 Å². The average molecular weight is 404 g/mol. The number of aromatic nitrogens is 1. The van der Waals surface area contributed by atoms with Gasteiger partial charge in [0.25, 0.3) is 5.91 Å². The first-order valence-corrected chi connectivity index (χ1v) is 10.4. The van der Waals surface area contributed by atoms with Crippen LogP contribution in [0.2, 0.25) is 0 Å². The van der Waals surface area contributed by atoms with Crippen molar-refractivity contribution in [1.29, 1.82) is 0 Å². The Morgan fingerprint density at radius 1 is 1.03 bits per heavy atom. The van der Waals surface area contributed by atoms with Crippen molar-refractivity contribution >= 4 is 22.9 Å². The second-order valence-corrected chi connectivity index (χ2v) is 7.99. The van der Waals surface area contributed by atoms with Gasteiger partial charge in [-0.2, -0.15) is 0 Å². The summed E-state index contributed by atoms with van der Waals surface area (Å²) in [5.74, 6) is 0.0369. The maximum absolute atomic E-state index is 13.0. The predicted molar refractivity (Wildman–Crippen MR) is 113 cm³/mol. The lowest BCUT2D eigenvalue weighted by atomic mass is 9.76. The molecule has 0 radical (unpaired) electrons. The van der Waals surface area contributed by atoms with Crippen LogP contribution in [0, 0.1) is 0 Å². The van der Waals surface area contributed by atoms with Gasteiger partial charge in [-0.1, -0.05) is 12.1 Å². The summed E-state index contributed by atoms with van der Waals surface area (Å²) in [6.07, 6.45) is 4.43. The summed E-state index contributed by atoms with van der Waals surface area (Å²) in [7, 11) is 0. The van der Waals surface area contributed by atoms with Crippen LogP contribution in [0.15, 0.2) is 53.1 Å². The Morgan fingerprint density at radius 2 is 1.83 bits per heavy atom. The van der Waals surface area contributed by atoms with Gasteiger partial charge in [0.05, 0.1) is 17.5 Å². The lowest BCUT2D eigenvalue weighted by Gasteiger charge is -2.40. The lowest BCUT2D eigenvalue weighted by Crippen LogP contribution is -2.61. The molecule has 2 aromatic heterocycles. The van der Waals surface area contributed by atoms with E-state index in [4.69, 9.17) is 4.42 Å². The van der Waals surface area contributed by atoms with Crippen molar-refractivity contribution in [3.05, 3.63) is 54.3 Å². The third-order valence-corrected chi connectivity index (χ3v) is 6.18. The Hall–Kier alpha value is -3.19. The van der Waals surface area contributed by atoms with E-state index in [1.54, 1.807) is 11.2 Å². The number of nitrogens with zero attached hydrogens (tertiary/aromatic N) is 2.